The topological polar surface area (TPSA) is 40.5 Å². The van der Waals surface area contributed by atoms with Crippen LogP contribution >= 0.6 is 10.0 Å². The Kier molecular flexibility index (Phi) is 6.13. The second kappa shape index (κ2) is 7.17. The summed E-state index contributed by atoms with van der Waals surface area (Å²) in [6, 6.07) is 7.45. The maximum absolute atomic E-state index is 9.54. The van der Waals surface area contributed by atoms with Crippen LogP contribution in [0.4, 0.5) is 0 Å². The molecule has 0 aromatic heterocycles. The standard InChI is InChI=1S/C17H26O2S/c1-13(2)20(5,14(3)4)11-10-15-6-8-16(9-7-15)17(19)12-18/h6-9,13-14,17-19H,12H2,1-5H3. The minimum absolute atomic E-state index is 0.256. The molecule has 0 bridgehead atoms. The zero-order valence-electron chi connectivity index (χ0n) is 13.1. The maximum atomic E-state index is 9.54. The zero-order valence-corrected chi connectivity index (χ0v) is 13.9. The van der Waals surface area contributed by atoms with E-state index in [0.29, 0.717) is 10.5 Å². The molecule has 1 aromatic carbocycles. The van der Waals surface area contributed by atoms with E-state index in [9.17, 15) is 5.11 Å². The summed E-state index contributed by atoms with van der Waals surface area (Å²) in [5.41, 5.74) is 1.68. The Hall–Kier alpha value is -0.950. The normalized spacial score (nSPS) is 14.1. The van der Waals surface area contributed by atoms with Crippen molar-refractivity contribution < 1.29 is 10.2 Å². The van der Waals surface area contributed by atoms with Crippen LogP contribution in [0.25, 0.3) is 0 Å². The Morgan fingerprint density at radius 3 is 1.95 bits per heavy atom. The lowest BCUT2D eigenvalue weighted by atomic mass is 10.1. The first-order valence-electron chi connectivity index (χ1n) is 6.99. The largest absolute Gasteiger partial charge is 0.393 e. The predicted octanol–water partition coefficient (Wildman–Crippen LogP) is 3.27. The molecule has 3 heteroatoms. The lowest BCUT2D eigenvalue weighted by molar-refractivity contribution is 0.0956. The number of rotatable bonds is 4. The van der Waals surface area contributed by atoms with E-state index < -0.39 is 16.1 Å². The summed E-state index contributed by atoms with van der Waals surface area (Å²) in [5.74, 6) is 3.27. The highest BCUT2D eigenvalue weighted by Crippen LogP contribution is 2.52. The molecule has 0 saturated carbocycles. The monoisotopic (exact) mass is 294 g/mol. The van der Waals surface area contributed by atoms with Crippen molar-refractivity contribution >= 4 is 10.0 Å². The second-order valence-corrected chi connectivity index (χ2v) is 9.88. The molecule has 1 rings (SSSR count). The quantitative estimate of drug-likeness (QED) is 0.837. The summed E-state index contributed by atoms with van der Waals surface area (Å²) in [6.45, 7) is 8.71. The lowest BCUT2D eigenvalue weighted by Gasteiger charge is -2.38. The van der Waals surface area contributed by atoms with Crippen LogP contribution in [0, 0.1) is 11.2 Å². The van der Waals surface area contributed by atoms with Crippen molar-refractivity contribution in [2.75, 3.05) is 12.9 Å². The zero-order chi connectivity index (χ0) is 15.3. The Morgan fingerprint density at radius 2 is 1.55 bits per heavy atom. The van der Waals surface area contributed by atoms with Crippen molar-refractivity contribution in [2.24, 2.45) is 0 Å². The van der Waals surface area contributed by atoms with E-state index in [1.807, 2.05) is 24.3 Å². The van der Waals surface area contributed by atoms with Gasteiger partial charge in [-0.3, -0.25) is 0 Å². The minimum atomic E-state index is -0.952. The highest BCUT2D eigenvalue weighted by Gasteiger charge is 2.23. The van der Waals surface area contributed by atoms with Crippen LogP contribution in [0.3, 0.4) is 0 Å². The summed E-state index contributed by atoms with van der Waals surface area (Å²) in [7, 11) is -0.952. The van der Waals surface area contributed by atoms with Gasteiger partial charge >= 0.3 is 0 Å². The summed E-state index contributed by atoms with van der Waals surface area (Å²) < 4.78 is 0. The van der Waals surface area contributed by atoms with Gasteiger partial charge in [0.05, 0.1) is 6.61 Å². The van der Waals surface area contributed by atoms with E-state index in [1.54, 1.807) is 0 Å². The van der Waals surface area contributed by atoms with Gasteiger partial charge in [-0.2, -0.15) is 10.0 Å². The molecule has 0 heterocycles. The molecule has 112 valence electrons. The average Bonchev–Trinajstić information content (AvgIpc) is 2.43. The Labute approximate surface area is 124 Å². The molecule has 1 aromatic rings. The van der Waals surface area contributed by atoms with E-state index in [0.717, 1.165) is 11.1 Å². The number of hydrogen-bond donors (Lipinski definition) is 2. The van der Waals surface area contributed by atoms with Gasteiger partial charge in [0.15, 0.2) is 0 Å². The summed E-state index contributed by atoms with van der Waals surface area (Å²) in [5, 5.41) is 23.1. The smallest absolute Gasteiger partial charge is 0.102 e. The SMILES string of the molecule is CC(C)S(C)(C#Cc1ccc(C(O)CO)cc1)C(C)C. The predicted molar refractivity (Wildman–Crippen MR) is 89.2 cm³/mol. The van der Waals surface area contributed by atoms with Crippen LogP contribution in [-0.4, -0.2) is 33.6 Å². The Balaban J connectivity index is 2.97. The van der Waals surface area contributed by atoms with Crippen molar-refractivity contribution in [3.05, 3.63) is 35.4 Å². The number of aliphatic hydroxyl groups excluding tert-OH is 2. The van der Waals surface area contributed by atoms with Gasteiger partial charge in [0.25, 0.3) is 0 Å². The molecule has 0 fully saturated rings. The van der Waals surface area contributed by atoms with E-state index in [2.05, 4.69) is 45.1 Å². The molecular weight excluding hydrogens is 268 g/mol. The van der Waals surface area contributed by atoms with Gasteiger partial charge in [0.2, 0.25) is 0 Å². The molecule has 0 aliphatic heterocycles. The molecule has 2 nitrogen and oxygen atoms in total. The third-order valence-electron chi connectivity index (χ3n) is 3.84. The van der Waals surface area contributed by atoms with Crippen molar-refractivity contribution in [2.45, 2.75) is 44.3 Å². The van der Waals surface area contributed by atoms with Crippen molar-refractivity contribution in [1.29, 1.82) is 0 Å². The summed E-state index contributed by atoms with van der Waals surface area (Å²) >= 11 is 0. The fourth-order valence-electron chi connectivity index (χ4n) is 1.84. The third-order valence-corrected chi connectivity index (χ3v) is 8.30. The van der Waals surface area contributed by atoms with Gasteiger partial charge in [-0.1, -0.05) is 45.7 Å². The van der Waals surface area contributed by atoms with Gasteiger partial charge in [0, 0.05) is 5.56 Å². The first kappa shape index (κ1) is 17.1. The molecule has 2 N–H and O–H groups in total. The number of aliphatic hydroxyl groups is 2. The number of benzene rings is 1. The second-order valence-electron chi connectivity index (χ2n) is 5.69. The minimum Gasteiger partial charge on any atom is -0.393 e. The fraction of sp³-hybridized carbons (Fsp3) is 0.529. The van der Waals surface area contributed by atoms with Crippen LogP contribution in [0.15, 0.2) is 24.3 Å². The van der Waals surface area contributed by atoms with Crippen molar-refractivity contribution in [3.8, 4) is 11.2 Å². The van der Waals surface area contributed by atoms with Gasteiger partial charge in [0.1, 0.15) is 6.10 Å². The first-order chi connectivity index (χ1) is 9.31. The molecule has 0 spiro atoms. The van der Waals surface area contributed by atoms with E-state index in [1.165, 1.54) is 0 Å². The van der Waals surface area contributed by atoms with Crippen LogP contribution in [0.1, 0.15) is 44.9 Å². The van der Waals surface area contributed by atoms with Crippen LogP contribution in [0.2, 0.25) is 0 Å². The van der Waals surface area contributed by atoms with Gasteiger partial charge in [-0.25, -0.2) is 0 Å². The molecule has 20 heavy (non-hydrogen) atoms. The molecule has 0 amide bonds. The first-order valence-corrected chi connectivity index (χ1v) is 9.15. The third kappa shape index (κ3) is 4.02. The van der Waals surface area contributed by atoms with E-state index in [-0.39, 0.29) is 6.61 Å². The van der Waals surface area contributed by atoms with Crippen LogP contribution < -0.4 is 0 Å². The number of hydrogen-bond acceptors (Lipinski definition) is 2. The van der Waals surface area contributed by atoms with Crippen molar-refractivity contribution in [3.63, 3.8) is 0 Å². The van der Waals surface area contributed by atoms with Crippen LogP contribution in [0.5, 0.6) is 0 Å². The maximum Gasteiger partial charge on any atom is 0.102 e. The highest BCUT2D eigenvalue weighted by molar-refractivity contribution is 8.37. The highest BCUT2D eigenvalue weighted by atomic mass is 32.3. The lowest BCUT2D eigenvalue weighted by Crippen LogP contribution is -2.17. The van der Waals surface area contributed by atoms with Gasteiger partial charge < -0.3 is 10.2 Å². The van der Waals surface area contributed by atoms with E-state index in [4.69, 9.17) is 5.11 Å². The van der Waals surface area contributed by atoms with Gasteiger partial charge in [-0.05, 0) is 39.7 Å². The summed E-state index contributed by atoms with van der Waals surface area (Å²) in [6.07, 6.45) is 1.48. The average molecular weight is 294 g/mol. The molecule has 0 radical (unpaired) electrons. The van der Waals surface area contributed by atoms with Crippen molar-refractivity contribution in [1.82, 2.24) is 0 Å². The van der Waals surface area contributed by atoms with Crippen LogP contribution in [-0.2, 0) is 0 Å². The fourth-order valence-corrected chi connectivity index (χ4v) is 3.74. The molecule has 1 unspecified atom stereocenters. The van der Waals surface area contributed by atoms with E-state index >= 15 is 0 Å². The molecule has 0 aliphatic rings. The molecule has 1 atom stereocenters. The molecule has 0 saturated heterocycles. The molecular formula is C17H26O2S. The Bertz CT molecular complexity index is 472. The van der Waals surface area contributed by atoms with Gasteiger partial charge in [-0.15, -0.1) is 0 Å². The summed E-state index contributed by atoms with van der Waals surface area (Å²) in [4.78, 5) is 0. The molecule has 0 aliphatic carbocycles. The Morgan fingerprint density at radius 1 is 1.05 bits per heavy atom.